The number of rotatable bonds is 5. The van der Waals surface area contributed by atoms with E-state index in [4.69, 9.17) is 4.74 Å². The molecule has 0 unspecified atom stereocenters. The van der Waals surface area contributed by atoms with Gasteiger partial charge in [0.1, 0.15) is 5.75 Å². The van der Waals surface area contributed by atoms with Gasteiger partial charge >= 0.3 is 0 Å². The molecule has 0 bridgehead atoms. The molecule has 2 nitrogen and oxygen atoms in total. The van der Waals surface area contributed by atoms with Crippen molar-refractivity contribution in [1.82, 2.24) is 0 Å². The fourth-order valence-corrected chi connectivity index (χ4v) is 1.86. The van der Waals surface area contributed by atoms with Crippen LogP contribution in [0.2, 0.25) is 0 Å². The summed E-state index contributed by atoms with van der Waals surface area (Å²) in [5, 5.41) is 0. The fraction of sp³-hybridized carbons (Fsp3) is 0.235. The zero-order valence-electron chi connectivity index (χ0n) is 11.3. The normalized spacial score (nSPS) is 10.2. The van der Waals surface area contributed by atoms with E-state index in [1.165, 1.54) is 0 Å². The van der Waals surface area contributed by atoms with Crippen molar-refractivity contribution in [2.45, 2.75) is 20.3 Å². The van der Waals surface area contributed by atoms with Gasteiger partial charge in [-0.1, -0.05) is 43.3 Å². The first kappa shape index (κ1) is 13.3. The lowest BCUT2D eigenvalue weighted by Gasteiger charge is -2.06. The van der Waals surface area contributed by atoms with Gasteiger partial charge in [-0.15, -0.1) is 0 Å². The number of hydrogen-bond donors (Lipinski definition) is 0. The van der Waals surface area contributed by atoms with Gasteiger partial charge in [0.15, 0.2) is 5.78 Å². The van der Waals surface area contributed by atoms with Crippen molar-refractivity contribution < 1.29 is 9.53 Å². The Morgan fingerprint density at radius 3 is 1.95 bits per heavy atom. The molecular weight excluding hydrogens is 236 g/mol. The van der Waals surface area contributed by atoms with E-state index >= 15 is 0 Å². The van der Waals surface area contributed by atoms with E-state index in [-0.39, 0.29) is 5.78 Å². The molecular formula is C17H18O2. The average molecular weight is 254 g/mol. The lowest BCUT2D eigenvalue weighted by Crippen LogP contribution is -1.94. The van der Waals surface area contributed by atoms with Gasteiger partial charge in [0.25, 0.3) is 0 Å². The third-order valence-electron chi connectivity index (χ3n) is 2.95. The molecule has 2 heteroatoms. The molecule has 0 atom stereocenters. The van der Waals surface area contributed by atoms with Crippen molar-refractivity contribution in [2.24, 2.45) is 0 Å². The molecule has 0 aliphatic carbocycles. The zero-order valence-corrected chi connectivity index (χ0v) is 11.3. The Labute approximate surface area is 114 Å². The van der Waals surface area contributed by atoms with E-state index in [0.717, 1.165) is 35.5 Å². The molecule has 19 heavy (non-hydrogen) atoms. The first-order valence-corrected chi connectivity index (χ1v) is 6.55. The van der Waals surface area contributed by atoms with Crippen LogP contribution in [0.5, 0.6) is 5.75 Å². The van der Waals surface area contributed by atoms with Crippen LogP contribution in [0.25, 0.3) is 11.1 Å². The van der Waals surface area contributed by atoms with Crippen LogP contribution in [-0.2, 0) is 0 Å². The SMILES string of the molecule is CCCOc1ccc(-c2ccc(C(C)=O)cc2)cc1. The molecule has 0 amide bonds. The van der Waals surface area contributed by atoms with Crippen molar-refractivity contribution >= 4 is 5.78 Å². The summed E-state index contributed by atoms with van der Waals surface area (Å²) in [4.78, 5) is 11.2. The predicted molar refractivity (Wildman–Crippen MR) is 77.7 cm³/mol. The molecule has 0 saturated heterocycles. The third-order valence-corrected chi connectivity index (χ3v) is 2.95. The van der Waals surface area contributed by atoms with Gasteiger partial charge < -0.3 is 4.74 Å². The van der Waals surface area contributed by atoms with Crippen LogP contribution in [0.15, 0.2) is 48.5 Å². The minimum absolute atomic E-state index is 0.0925. The second kappa shape index (κ2) is 6.19. The Bertz CT molecular complexity index is 538. The van der Waals surface area contributed by atoms with E-state index in [2.05, 4.69) is 6.92 Å². The molecule has 0 N–H and O–H groups in total. The van der Waals surface area contributed by atoms with E-state index < -0.39 is 0 Å². The van der Waals surface area contributed by atoms with Crippen molar-refractivity contribution in [1.29, 1.82) is 0 Å². The van der Waals surface area contributed by atoms with Crippen molar-refractivity contribution in [3.63, 3.8) is 0 Å². The Balaban J connectivity index is 2.15. The molecule has 0 aliphatic rings. The highest BCUT2D eigenvalue weighted by molar-refractivity contribution is 5.94. The summed E-state index contributed by atoms with van der Waals surface area (Å²) in [5.41, 5.74) is 2.97. The van der Waals surface area contributed by atoms with E-state index in [1.807, 2.05) is 48.5 Å². The summed E-state index contributed by atoms with van der Waals surface area (Å²) in [5.74, 6) is 0.987. The van der Waals surface area contributed by atoms with Crippen molar-refractivity contribution in [3.8, 4) is 16.9 Å². The topological polar surface area (TPSA) is 26.3 Å². The van der Waals surface area contributed by atoms with Gasteiger partial charge in [-0.05, 0) is 36.6 Å². The number of Topliss-reactive ketones (excluding diaryl/α,β-unsaturated/α-hetero) is 1. The van der Waals surface area contributed by atoms with Gasteiger partial charge in [-0.3, -0.25) is 4.79 Å². The monoisotopic (exact) mass is 254 g/mol. The lowest BCUT2D eigenvalue weighted by molar-refractivity contribution is 0.101. The molecule has 0 aromatic heterocycles. The second-order valence-electron chi connectivity index (χ2n) is 4.51. The molecule has 0 saturated carbocycles. The van der Waals surface area contributed by atoms with Gasteiger partial charge in [0.05, 0.1) is 6.61 Å². The quantitative estimate of drug-likeness (QED) is 0.742. The molecule has 2 aromatic rings. The highest BCUT2D eigenvalue weighted by Crippen LogP contribution is 2.23. The van der Waals surface area contributed by atoms with Crippen LogP contribution in [0.1, 0.15) is 30.6 Å². The molecule has 98 valence electrons. The molecule has 2 rings (SSSR count). The van der Waals surface area contributed by atoms with Crippen molar-refractivity contribution in [3.05, 3.63) is 54.1 Å². The van der Waals surface area contributed by atoms with Gasteiger partial charge in [-0.2, -0.15) is 0 Å². The Morgan fingerprint density at radius 2 is 1.47 bits per heavy atom. The Morgan fingerprint density at radius 1 is 0.947 bits per heavy atom. The summed E-state index contributed by atoms with van der Waals surface area (Å²) in [6.45, 7) is 4.41. The fourth-order valence-electron chi connectivity index (χ4n) is 1.86. The van der Waals surface area contributed by atoms with Crippen molar-refractivity contribution in [2.75, 3.05) is 6.61 Å². The van der Waals surface area contributed by atoms with Crippen LogP contribution < -0.4 is 4.74 Å². The number of hydrogen-bond acceptors (Lipinski definition) is 2. The maximum Gasteiger partial charge on any atom is 0.159 e. The van der Waals surface area contributed by atoms with E-state index in [1.54, 1.807) is 6.92 Å². The summed E-state index contributed by atoms with van der Waals surface area (Å²) < 4.78 is 5.55. The predicted octanol–water partition coefficient (Wildman–Crippen LogP) is 4.35. The van der Waals surface area contributed by atoms with Gasteiger partial charge in [0.2, 0.25) is 0 Å². The first-order chi connectivity index (χ1) is 9.20. The van der Waals surface area contributed by atoms with Crippen LogP contribution in [0.4, 0.5) is 0 Å². The molecule has 0 fully saturated rings. The zero-order chi connectivity index (χ0) is 13.7. The molecule has 0 heterocycles. The van der Waals surface area contributed by atoms with Gasteiger partial charge in [-0.25, -0.2) is 0 Å². The van der Waals surface area contributed by atoms with Crippen LogP contribution in [0, 0.1) is 0 Å². The van der Waals surface area contributed by atoms with Crippen LogP contribution in [-0.4, -0.2) is 12.4 Å². The number of benzene rings is 2. The highest BCUT2D eigenvalue weighted by atomic mass is 16.5. The third kappa shape index (κ3) is 3.44. The molecule has 0 aliphatic heterocycles. The molecule has 2 aromatic carbocycles. The lowest BCUT2D eigenvalue weighted by atomic mass is 10.0. The number of ketones is 1. The minimum Gasteiger partial charge on any atom is -0.494 e. The number of carbonyl (C=O) groups is 1. The summed E-state index contributed by atoms with van der Waals surface area (Å²) in [6, 6.07) is 15.7. The smallest absolute Gasteiger partial charge is 0.159 e. The van der Waals surface area contributed by atoms with Gasteiger partial charge in [0, 0.05) is 5.56 Å². The minimum atomic E-state index is 0.0925. The molecule has 0 radical (unpaired) electrons. The van der Waals surface area contributed by atoms with E-state index in [0.29, 0.717) is 0 Å². The summed E-state index contributed by atoms with van der Waals surface area (Å²) >= 11 is 0. The number of carbonyl (C=O) groups excluding carboxylic acids is 1. The van der Waals surface area contributed by atoms with Crippen LogP contribution >= 0.6 is 0 Å². The summed E-state index contributed by atoms with van der Waals surface area (Å²) in [6.07, 6.45) is 1.01. The highest BCUT2D eigenvalue weighted by Gasteiger charge is 2.01. The van der Waals surface area contributed by atoms with E-state index in [9.17, 15) is 4.79 Å². The largest absolute Gasteiger partial charge is 0.494 e. The maximum atomic E-state index is 11.2. The standard InChI is InChI=1S/C17H18O2/c1-3-12-19-17-10-8-16(9-11-17)15-6-4-14(5-7-15)13(2)18/h4-11H,3,12H2,1-2H3. The Hall–Kier alpha value is -2.09. The Kier molecular flexibility index (Phi) is 4.35. The average Bonchev–Trinajstić information content (AvgIpc) is 2.46. The summed E-state index contributed by atoms with van der Waals surface area (Å²) in [7, 11) is 0. The maximum absolute atomic E-state index is 11.2. The first-order valence-electron chi connectivity index (χ1n) is 6.55. The second-order valence-corrected chi connectivity index (χ2v) is 4.51. The number of ether oxygens (including phenoxy) is 1. The van der Waals surface area contributed by atoms with Crippen LogP contribution in [0.3, 0.4) is 0 Å². The molecule has 0 spiro atoms.